The SMILES string of the molecule is c1ccc(-c2c3ccccc3c(-c3cccc(-c4cc5c6ccc7sc8ccccc8c7c6sc5c5ccccc45)c3)c3ccccc23)cc1. The maximum Gasteiger partial charge on any atom is 0.0448 e. The van der Waals surface area contributed by atoms with E-state index >= 15 is 0 Å². The fourth-order valence-corrected chi connectivity index (χ4v) is 10.9. The summed E-state index contributed by atoms with van der Waals surface area (Å²) in [6.07, 6.45) is 0. The van der Waals surface area contributed by atoms with E-state index in [0.717, 1.165) is 0 Å². The predicted molar refractivity (Wildman–Crippen MR) is 221 cm³/mol. The second-order valence-electron chi connectivity index (χ2n) is 13.2. The molecule has 0 aliphatic rings. The molecule has 50 heavy (non-hydrogen) atoms. The van der Waals surface area contributed by atoms with Crippen molar-refractivity contribution >= 4 is 95.3 Å². The first-order chi connectivity index (χ1) is 24.8. The van der Waals surface area contributed by atoms with Crippen LogP contribution in [0.1, 0.15) is 0 Å². The molecule has 9 aromatic carbocycles. The second kappa shape index (κ2) is 10.9. The third-order valence-corrected chi connectivity index (χ3v) is 12.8. The van der Waals surface area contributed by atoms with Crippen LogP contribution in [0.4, 0.5) is 0 Å². The highest BCUT2D eigenvalue weighted by Crippen LogP contribution is 2.49. The lowest BCUT2D eigenvalue weighted by molar-refractivity contribution is 1.64. The fourth-order valence-electron chi connectivity index (χ4n) is 8.30. The van der Waals surface area contributed by atoms with Crippen molar-refractivity contribution in [2.24, 2.45) is 0 Å². The van der Waals surface area contributed by atoms with Crippen LogP contribution in [0.25, 0.3) is 106 Å². The van der Waals surface area contributed by atoms with Crippen molar-refractivity contribution in [3.05, 3.63) is 170 Å². The zero-order valence-electron chi connectivity index (χ0n) is 27.0. The van der Waals surface area contributed by atoms with Gasteiger partial charge in [-0.2, -0.15) is 0 Å². The van der Waals surface area contributed by atoms with E-state index < -0.39 is 0 Å². The van der Waals surface area contributed by atoms with Gasteiger partial charge in [0.1, 0.15) is 0 Å². The van der Waals surface area contributed by atoms with E-state index in [4.69, 9.17) is 0 Å². The van der Waals surface area contributed by atoms with E-state index in [1.165, 1.54) is 106 Å². The van der Waals surface area contributed by atoms with Crippen LogP contribution in [0.5, 0.6) is 0 Å². The Hall–Kier alpha value is -5.80. The Morgan fingerprint density at radius 1 is 0.280 bits per heavy atom. The highest BCUT2D eigenvalue weighted by molar-refractivity contribution is 7.30. The number of rotatable bonds is 3. The summed E-state index contributed by atoms with van der Waals surface area (Å²) in [7, 11) is 0. The zero-order chi connectivity index (χ0) is 32.8. The van der Waals surface area contributed by atoms with Crippen molar-refractivity contribution in [2.75, 3.05) is 0 Å². The largest absolute Gasteiger partial charge is 0.135 e. The Bertz CT molecular complexity index is 3080. The number of benzene rings is 9. The molecule has 0 saturated carbocycles. The first-order valence-corrected chi connectivity index (χ1v) is 18.7. The minimum atomic E-state index is 1.24. The van der Waals surface area contributed by atoms with Crippen LogP contribution in [0.3, 0.4) is 0 Å². The van der Waals surface area contributed by atoms with Gasteiger partial charge in [0.05, 0.1) is 0 Å². The van der Waals surface area contributed by atoms with E-state index in [0.29, 0.717) is 0 Å². The molecular weight excluding hydrogens is 641 g/mol. The molecule has 0 unspecified atom stereocenters. The maximum atomic E-state index is 2.46. The van der Waals surface area contributed by atoms with Gasteiger partial charge in [-0.1, -0.05) is 146 Å². The summed E-state index contributed by atoms with van der Waals surface area (Å²) in [5.74, 6) is 0. The number of hydrogen-bond acceptors (Lipinski definition) is 2. The predicted octanol–water partition coefficient (Wildman–Crippen LogP) is 14.9. The molecule has 2 heterocycles. The van der Waals surface area contributed by atoms with Gasteiger partial charge in [0, 0.05) is 45.7 Å². The summed E-state index contributed by atoms with van der Waals surface area (Å²) in [5, 5.41) is 13.2. The van der Waals surface area contributed by atoms with Crippen LogP contribution in [0.2, 0.25) is 0 Å². The lowest BCUT2D eigenvalue weighted by atomic mass is 9.85. The molecule has 0 spiro atoms. The third-order valence-electron chi connectivity index (χ3n) is 10.4. The first kappa shape index (κ1) is 28.1. The van der Waals surface area contributed by atoms with Gasteiger partial charge in [0.15, 0.2) is 0 Å². The molecule has 0 bridgehead atoms. The van der Waals surface area contributed by atoms with Gasteiger partial charge in [0.25, 0.3) is 0 Å². The van der Waals surface area contributed by atoms with Crippen LogP contribution in [-0.4, -0.2) is 0 Å². The van der Waals surface area contributed by atoms with Crippen molar-refractivity contribution in [3.8, 4) is 33.4 Å². The molecular formula is C48H28S2. The van der Waals surface area contributed by atoms with Crippen LogP contribution in [0, 0.1) is 0 Å². The molecule has 0 radical (unpaired) electrons. The topological polar surface area (TPSA) is 0 Å². The highest BCUT2D eigenvalue weighted by atomic mass is 32.1. The Morgan fingerprint density at radius 3 is 1.54 bits per heavy atom. The minimum Gasteiger partial charge on any atom is -0.135 e. The average molecular weight is 669 g/mol. The Labute approximate surface area is 297 Å². The molecule has 11 rings (SSSR count). The van der Waals surface area contributed by atoms with Crippen molar-refractivity contribution in [1.82, 2.24) is 0 Å². The molecule has 11 aromatic rings. The Morgan fingerprint density at radius 2 is 0.820 bits per heavy atom. The zero-order valence-corrected chi connectivity index (χ0v) is 28.6. The van der Waals surface area contributed by atoms with Gasteiger partial charge in [-0.15, -0.1) is 22.7 Å². The van der Waals surface area contributed by atoms with Crippen LogP contribution in [0.15, 0.2) is 170 Å². The van der Waals surface area contributed by atoms with Gasteiger partial charge in [-0.3, -0.25) is 0 Å². The molecule has 232 valence electrons. The maximum absolute atomic E-state index is 2.46. The first-order valence-electron chi connectivity index (χ1n) is 17.1. The van der Waals surface area contributed by atoms with Crippen LogP contribution < -0.4 is 0 Å². The van der Waals surface area contributed by atoms with Crippen molar-refractivity contribution < 1.29 is 0 Å². The molecule has 0 amide bonds. The molecule has 0 aliphatic carbocycles. The highest BCUT2D eigenvalue weighted by Gasteiger charge is 2.19. The summed E-state index contributed by atoms with van der Waals surface area (Å²) in [6.45, 7) is 0. The molecule has 0 fully saturated rings. The molecule has 2 heteroatoms. The summed E-state index contributed by atoms with van der Waals surface area (Å²) < 4.78 is 5.47. The van der Waals surface area contributed by atoms with E-state index in [2.05, 4.69) is 170 Å². The molecule has 0 aliphatic heterocycles. The lowest BCUT2D eigenvalue weighted by Crippen LogP contribution is -1.91. The van der Waals surface area contributed by atoms with Gasteiger partial charge in [-0.05, 0) is 84.6 Å². The number of fused-ring (bicyclic) bond motifs is 11. The van der Waals surface area contributed by atoms with E-state index in [1.807, 2.05) is 22.7 Å². The standard InChI is InChI=1S/C48H28S2/c1-2-13-29(14-3-1)44-33-18-5-7-20-35(33)45(36-21-8-6-19-34(36)44)31-16-12-15-30(27-31)40-28-41-38-25-26-43-46(39-23-10-11-24-42(39)49-43)48(38)50-47(41)37-22-9-4-17-32(37)40/h1-28H. The number of thiophene rings is 2. The quantitative estimate of drug-likeness (QED) is 0.164. The van der Waals surface area contributed by atoms with Crippen LogP contribution >= 0.6 is 22.7 Å². The second-order valence-corrected chi connectivity index (χ2v) is 15.3. The normalized spacial score (nSPS) is 12.0. The summed E-state index contributed by atoms with van der Waals surface area (Å²) in [5.41, 5.74) is 7.58. The smallest absolute Gasteiger partial charge is 0.0448 e. The lowest BCUT2D eigenvalue weighted by Gasteiger charge is -2.18. The molecule has 0 saturated heterocycles. The van der Waals surface area contributed by atoms with Crippen molar-refractivity contribution in [2.45, 2.75) is 0 Å². The van der Waals surface area contributed by atoms with E-state index in [9.17, 15) is 0 Å². The molecule has 0 nitrogen and oxygen atoms in total. The summed E-state index contributed by atoms with van der Waals surface area (Å²) >= 11 is 3.85. The van der Waals surface area contributed by atoms with Crippen molar-refractivity contribution in [1.29, 1.82) is 0 Å². The third kappa shape index (κ3) is 4.04. The Kier molecular flexibility index (Phi) is 6.09. The molecule has 0 N–H and O–H groups in total. The van der Waals surface area contributed by atoms with Crippen LogP contribution in [-0.2, 0) is 0 Å². The van der Waals surface area contributed by atoms with Crippen molar-refractivity contribution in [3.63, 3.8) is 0 Å². The summed E-state index contributed by atoms with van der Waals surface area (Å²) in [6, 6.07) is 62.9. The van der Waals surface area contributed by atoms with Gasteiger partial charge in [-0.25, -0.2) is 0 Å². The van der Waals surface area contributed by atoms with Gasteiger partial charge in [0.2, 0.25) is 0 Å². The van der Waals surface area contributed by atoms with E-state index in [-0.39, 0.29) is 0 Å². The molecule has 0 atom stereocenters. The minimum absolute atomic E-state index is 1.24. The summed E-state index contributed by atoms with van der Waals surface area (Å²) in [4.78, 5) is 0. The van der Waals surface area contributed by atoms with Gasteiger partial charge < -0.3 is 0 Å². The monoisotopic (exact) mass is 668 g/mol. The number of hydrogen-bond donors (Lipinski definition) is 0. The average Bonchev–Trinajstić information content (AvgIpc) is 3.75. The Balaban J connectivity index is 1.19. The van der Waals surface area contributed by atoms with E-state index in [1.54, 1.807) is 0 Å². The van der Waals surface area contributed by atoms with Gasteiger partial charge >= 0.3 is 0 Å². The molecule has 2 aromatic heterocycles. The fraction of sp³-hybridized carbons (Fsp3) is 0.